The summed E-state index contributed by atoms with van der Waals surface area (Å²) in [6.45, 7) is 3.71. The summed E-state index contributed by atoms with van der Waals surface area (Å²) < 4.78 is 0. The van der Waals surface area contributed by atoms with Crippen molar-refractivity contribution >= 4 is 0 Å². The van der Waals surface area contributed by atoms with Crippen LogP contribution < -0.4 is 0 Å². The maximum Gasteiger partial charge on any atom is 0.00981 e. The Morgan fingerprint density at radius 1 is 0.765 bits per heavy atom. The lowest BCUT2D eigenvalue weighted by Crippen LogP contribution is -2.41. The minimum absolute atomic E-state index is 0.958. The number of hydrogen-bond acceptors (Lipinski definition) is 1. The molecule has 0 amide bonds. The van der Waals surface area contributed by atoms with E-state index in [1.54, 1.807) is 0 Å². The van der Waals surface area contributed by atoms with Crippen molar-refractivity contribution in [2.45, 2.75) is 96.1 Å². The molecule has 0 bridgehead atoms. The Labute approximate surface area is 108 Å². The van der Waals surface area contributed by atoms with E-state index in [0.29, 0.717) is 0 Å². The molecule has 2 aliphatic rings. The van der Waals surface area contributed by atoms with Crippen LogP contribution in [0.3, 0.4) is 0 Å². The van der Waals surface area contributed by atoms with Crippen molar-refractivity contribution < 1.29 is 0 Å². The molecular formula is C16H31N. The van der Waals surface area contributed by atoms with E-state index < -0.39 is 0 Å². The summed E-state index contributed by atoms with van der Waals surface area (Å²) in [6.07, 6.45) is 17.6. The predicted octanol–water partition coefficient (Wildman–Crippen LogP) is 4.75. The van der Waals surface area contributed by atoms with E-state index in [-0.39, 0.29) is 0 Å². The Kier molecular flexibility index (Phi) is 5.84. The summed E-state index contributed by atoms with van der Waals surface area (Å²) in [5.74, 6) is 0. The van der Waals surface area contributed by atoms with Crippen LogP contribution in [0, 0.1) is 0 Å². The van der Waals surface area contributed by atoms with Crippen LogP contribution in [-0.4, -0.2) is 23.5 Å². The third kappa shape index (κ3) is 3.98. The largest absolute Gasteiger partial charge is 0.297 e. The maximum atomic E-state index is 2.93. The second kappa shape index (κ2) is 7.41. The van der Waals surface area contributed by atoms with Gasteiger partial charge >= 0.3 is 0 Å². The molecule has 17 heavy (non-hydrogen) atoms. The zero-order chi connectivity index (χ0) is 11.9. The van der Waals surface area contributed by atoms with Gasteiger partial charge in [-0.25, -0.2) is 0 Å². The average Bonchev–Trinajstić information content (AvgIpc) is 3.02. The van der Waals surface area contributed by atoms with Crippen molar-refractivity contribution in [3.63, 3.8) is 0 Å². The lowest BCUT2D eigenvalue weighted by atomic mass is 10.1. The second-order valence-electron chi connectivity index (χ2n) is 6.18. The van der Waals surface area contributed by atoms with Crippen LogP contribution in [0.2, 0.25) is 0 Å². The first kappa shape index (κ1) is 13.4. The summed E-state index contributed by atoms with van der Waals surface area (Å²) in [7, 11) is 0. The van der Waals surface area contributed by atoms with E-state index >= 15 is 0 Å². The average molecular weight is 237 g/mol. The van der Waals surface area contributed by atoms with Crippen molar-refractivity contribution in [1.82, 2.24) is 4.90 Å². The van der Waals surface area contributed by atoms with E-state index in [4.69, 9.17) is 0 Å². The number of rotatable bonds is 7. The monoisotopic (exact) mass is 237 g/mol. The fraction of sp³-hybridized carbons (Fsp3) is 1.00. The van der Waals surface area contributed by atoms with Crippen molar-refractivity contribution in [3.05, 3.63) is 0 Å². The first-order valence-electron chi connectivity index (χ1n) is 8.17. The van der Waals surface area contributed by atoms with E-state index in [2.05, 4.69) is 11.8 Å². The van der Waals surface area contributed by atoms with Crippen molar-refractivity contribution in [2.75, 3.05) is 6.54 Å². The smallest absolute Gasteiger partial charge is 0.00981 e. The Morgan fingerprint density at radius 3 is 1.76 bits per heavy atom. The first-order valence-corrected chi connectivity index (χ1v) is 8.17. The van der Waals surface area contributed by atoms with Crippen LogP contribution in [-0.2, 0) is 0 Å². The molecule has 2 aliphatic carbocycles. The predicted molar refractivity (Wildman–Crippen MR) is 75.4 cm³/mol. The summed E-state index contributed by atoms with van der Waals surface area (Å²) in [5, 5.41) is 0. The van der Waals surface area contributed by atoms with Crippen molar-refractivity contribution in [3.8, 4) is 0 Å². The summed E-state index contributed by atoms with van der Waals surface area (Å²) in [4.78, 5) is 2.93. The third-order valence-electron chi connectivity index (χ3n) is 4.86. The van der Waals surface area contributed by atoms with Crippen molar-refractivity contribution in [2.24, 2.45) is 0 Å². The molecule has 0 aromatic rings. The highest BCUT2D eigenvalue weighted by Crippen LogP contribution is 2.31. The van der Waals surface area contributed by atoms with Gasteiger partial charge in [0.25, 0.3) is 0 Å². The van der Waals surface area contributed by atoms with Crippen LogP contribution in [0.1, 0.15) is 84.0 Å². The minimum Gasteiger partial charge on any atom is -0.297 e. The number of unbranched alkanes of at least 4 members (excludes halogenated alkanes) is 3. The normalized spacial score (nSPS) is 22.9. The van der Waals surface area contributed by atoms with E-state index in [1.165, 1.54) is 83.6 Å². The minimum atomic E-state index is 0.958. The topological polar surface area (TPSA) is 3.24 Å². The number of hydrogen-bond donors (Lipinski definition) is 0. The van der Waals surface area contributed by atoms with Crippen LogP contribution >= 0.6 is 0 Å². The molecule has 0 aliphatic heterocycles. The van der Waals surface area contributed by atoms with Gasteiger partial charge in [0.1, 0.15) is 0 Å². The highest BCUT2D eigenvalue weighted by atomic mass is 15.2. The van der Waals surface area contributed by atoms with Crippen LogP contribution in [0.15, 0.2) is 0 Å². The van der Waals surface area contributed by atoms with Crippen LogP contribution in [0.25, 0.3) is 0 Å². The Balaban J connectivity index is 1.78. The molecule has 0 unspecified atom stereocenters. The highest BCUT2D eigenvalue weighted by Gasteiger charge is 2.29. The van der Waals surface area contributed by atoms with Gasteiger partial charge in [-0.3, -0.25) is 4.90 Å². The van der Waals surface area contributed by atoms with Gasteiger partial charge in [-0.05, 0) is 38.6 Å². The van der Waals surface area contributed by atoms with E-state index in [9.17, 15) is 0 Å². The van der Waals surface area contributed by atoms with Gasteiger partial charge in [-0.2, -0.15) is 0 Å². The lowest BCUT2D eigenvalue weighted by Gasteiger charge is -2.34. The fourth-order valence-electron chi connectivity index (χ4n) is 3.86. The summed E-state index contributed by atoms with van der Waals surface area (Å²) in [6, 6.07) is 1.92. The SMILES string of the molecule is CCCCCCN(C1CCCC1)C1CCCC1. The quantitative estimate of drug-likeness (QED) is 0.577. The zero-order valence-corrected chi connectivity index (χ0v) is 11.8. The van der Waals surface area contributed by atoms with Gasteiger partial charge in [0.15, 0.2) is 0 Å². The molecule has 0 radical (unpaired) electrons. The van der Waals surface area contributed by atoms with Crippen LogP contribution in [0.4, 0.5) is 0 Å². The van der Waals surface area contributed by atoms with Gasteiger partial charge < -0.3 is 0 Å². The lowest BCUT2D eigenvalue weighted by molar-refractivity contribution is 0.134. The summed E-state index contributed by atoms with van der Waals surface area (Å²) >= 11 is 0. The Morgan fingerprint density at radius 2 is 1.29 bits per heavy atom. The number of nitrogens with zero attached hydrogens (tertiary/aromatic N) is 1. The van der Waals surface area contributed by atoms with E-state index in [1.807, 2.05) is 0 Å². The van der Waals surface area contributed by atoms with Crippen LogP contribution in [0.5, 0.6) is 0 Å². The van der Waals surface area contributed by atoms with Gasteiger partial charge in [0, 0.05) is 12.1 Å². The highest BCUT2D eigenvalue weighted by molar-refractivity contribution is 4.85. The molecule has 0 heterocycles. The Bertz CT molecular complexity index is 174. The molecule has 0 aromatic heterocycles. The first-order chi connectivity index (χ1) is 8.42. The molecule has 100 valence electrons. The molecular weight excluding hydrogens is 206 g/mol. The molecule has 1 nitrogen and oxygen atoms in total. The molecule has 2 rings (SSSR count). The van der Waals surface area contributed by atoms with Gasteiger partial charge in [-0.1, -0.05) is 51.9 Å². The molecule has 0 saturated heterocycles. The van der Waals surface area contributed by atoms with Gasteiger partial charge in [0.05, 0.1) is 0 Å². The van der Waals surface area contributed by atoms with Crippen molar-refractivity contribution in [1.29, 1.82) is 0 Å². The van der Waals surface area contributed by atoms with Gasteiger partial charge in [0.2, 0.25) is 0 Å². The summed E-state index contributed by atoms with van der Waals surface area (Å²) in [5.41, 5.74) is 0. The molecule has 0 N–H and O–H groups in total. The molecule has 0 aromatic carbocycles. The molecule has 0 atom stereocenters. The molecule has 1 heteroatoms. The third-order valence-corrected chi connectivity index (χ3v) is 4.86. The standard InChI is InChI=1S/C16H31N/c1-2-3-4-9-14-17(15-10-5-6-11-15)16-12-7-8-13-16/h15-16H,2-14H2,1H3. The van der Waals surface area contributed by atoms with E-state index in [0.717, 1.165) is 12.1 Å². The Hall–Kier alpha value is -0.0400. The second-order valence-corrected chi connectivity index (χ2v) is 6.18. The zero-order valence-electron chi connectivity index (χ0n) is 11.8. The maximum absolute atomic E-state index is 2.93. The fourth-order valence-corrected chi connectivity index (χ4v) is 3.86. The molecule has 2 saturated carbocycles. The van der Waals surface area contributed by atoms with Gasteiger partial charge in [-0.15, -0.1) is 0 Å². The molecule has 2 fully saturated rings. The molecule has 0 spiro atoms.